The molecule has 10 heteroatoms. The Morgan fingerprint density at radius 1 is 1.05 bits per heavy atom. The Morgan fingerprint density at radius 3 is 2.60 bits per heavy atom. The van der Waals surface area contributed by atoms with Crippen LogP contribution in [0.15, 0.2) is 83.4 Å². The molecule has 0 aliphatic carbocycles. The molecule has 1 amide bonds. The molecule has 6 rings (SSSR count). The molecule has 4 heterocycles. The highest BCUT2D eigenvalue weighted by atomic mass is 32.1. The standard InChI is InChI=1S/C32H27N7O2S/c1-19(2)25-14-15-38-30(36-25)28(29(33)37-38)31(40)35-20(3)26-16-22-9-7-8-21(12-13-24-17-34-18-42-24)27(22)32(41)39(26)23-10-5-4-6-11-23/h4-11,14-20H,1-3H3,(H2,33,37)(H,35,40)/t20-/m0/s1. The van der Waals surface area contributed by atoms with Crippen LogP contribution in [0.25, 0.3) is 22.1 Å². The minimum Gasteiger partial charge on any atom is -0.381 e. The van der Waals surface area contributed by atoms with E-state index in [9.17, 15) is 9.59 Å². The summed E-state index contributed by atoms with van der Waals surface area (Å²) in [4.78, 5) is 37.4. The summed E-state index contributed by atoms with van der Waals surface area (Å²) in [6, 6.07) is 18.1. The van der Waals surface area contributed by atoms with Crippen LogP contribution in [0.1, 0.15) is 64.9 Å². The number of pyridine rings is 1. The highest BCUT2D eigenvalue weighted by molar-refractivity contribution is 7.10. The van der Waals surface area contributed by atoms with E-state index in [1.807, 2.05) is 81.4 Å². The maximum atomic E-state index is 14.2. The van der Waals surface area contributed by atoms with E-state index >= 15 is 0 Å². The van der Waals surface area contributed by atoms with Gasteiger partial charge in [-0.25, -0.2) is 9.50 Å². The average molecular weight is 574 g/mol. The lowest BCUT2D eigenvalue weighted by atomic mass is 10.0. The van der Waals surface area contributed by atoms with Crippen molar-refractivity contribution in [3.63, 3.8) is 0 Å². The molecule has 0 spiro atoms. The molecule has 0 radical (unpaired) electrons. The normalized spacial score (nSPS) is 11.9. The summed E-state index contributed by atoms with van der Waals surface area (Å²) >= 11 is 1.44. The van der Waals surface area contributed by atoms with Crippen LogP contribution in [0, 0.1) is 11.8 Å². The minimum absolute atomic E-state index is 0.0798. The van der Waals surface area contributed by atoms with E-state index in [-0.39, 0.29) is 22.9 Å². The molecule has 0 bridgehead atoms. The van der Waals surface area contributed by atoms with Gasteiger partial charge in [0.1, 0.15) is 5.56 Å². The third-order valence-corrected chi connectivity index (χ3v) is 7.67. The molecule has 0 unspecified atom stereocenters. The fraction of sp³-hybridized carbons (Fsp3) is 0.156. The molecule has 0 fully saturated rings. The zero-order chi connectivity index (χ0) is 29.4. The van der Waals surface area contributed by atoms with Crippen LogP contribution < -0.4 is 16.6 Å². The number of carbonyl (C=O) groups is 1. The van der Waals surface area contributed by atoms with Crippen molar-refractivity contribution >= 4 is 39.5 Å². The molecule has 1 atom stereocenters. The second kappa shape index (κ2) is 11.0. The second-order valence-corrected chi connectivity index (χ2v) is 11.0. The number of hydrogen-bond donors (Lipinski definition) is 2. The van der Waals surface area contributed by atoms with Crippen molar-refractivity contribution in [3.8, 4) is 17.5 Å². The quantitative estimate of drug-likeness (QED) is 0.277. The van der Waals surface area contributed by atoms with E-state index in [2.05, 4.69) is 32.2 Å². The first kappa shape index (κ1) is 26.9. The van der Waals surface area contributed by atoms with Crippen molar-refractivity contribution in [2.75, 3.05) is 5.73 Å². The van der Waals surface area contributed by atoms with Gasteiger partial charge in [-0.3, -0.25) is 19.1 Å². The summed E-state index contributed by atoms with van der Waals surface area (Å²) in [7, 11) is 0. The number of anilines is 1. The molecule has 6 aromatic rings. The van der Waals surface area contributed by atoms with Gasteiger partial charge in [-0.15, -0.1) is 16.4 Å². The van der Waals surface area contributed by atoms with Crippen LogP contribution in [0.4, 0.5) is 5.82 Å². The highest BCUT2D eigenvalue weighted by Gasteiger charge is 2.24. The van der Waals surface area contributed by atoms with E-state index in [1.54, 1.807) is 22.5 Å². The second-order valence-electron chi connectivity index (χ2n) is 10.2. The highest BCUT2D eigenvalue weighted by Crippen LogP contribution is 2.25. The van der Waals surface area contributed by atoms with Gasteiger partial charge in [-0.2, -0.15) is 0 Å². The van der Waals surface area contributed by atoms with Gasteiger partial charge in [-0.1, -0.05) is 50.1 Å². The predicted molar refractivity (Wildman–Crippen MR) is 165 cm³/mol. The first-order valence-electron chi connectivity index (χ1n) is 13.4. The molecule has 208 valence electrons. The number of hydrogen-bond acceptors (Lipinski definition) is 7. The average Bonchev–Trinajstić information content (AvgIpc) is 3.62. The molecule has 42 heavy (non-hydrogen) atoms. The van der Waals surface area contributed by atoms with Crippen molar-refractivity contribution in [2.45, 2.75) is 32.7 Å². The number of nitrogen functional groups attached to an aromatic ring is 1. The lowest BCUT2D eigenvalue weighted by Gasteiger charge is -2.21. The number of para-hydroxylation sites is 1. The minimum atomic E-state index is -0.579. The predicted octanol–water partition coefficient (Wildman–Crippen LogP) is 5.09. The smallest absolute Gasteiger partial charge is 0.264 e. The van der Waals surface area contributed by atoms with Crippen molar-refractivity contribution in [1.29, 1.82) is 0 Å². The van der Waals surface area contributed by atoms with Gasteiger partial charge in [0.15, 0.2) is 11.5 Å². The third kappa shape index (κ3) is 4.91. The summed E-state index contributed by atoms with van der Waals surface area (Å²) in [6.45, 7) is 5.89. The molecule has 0 saturated carbocycles. The molecular weight excluding hydrogens is 546 g/mol. The number of carbonyl (C=O) groups excluding carboxylic acids is 1. The van der Waals surface area contributed by atoms with Gasteiger partial charge in [0.2, 0.25) is 0 Å². The van der Waals surface area contributed by atoms with E-state index < -0.39 is 11.9 Å². The molecule has 2 aromatic carbocycles. The largest absolute Gasteiger partial charge is 0.381 e. The third-order valence-electron chi connectivity index (χ3n) is 6.99. The van der Waals surface area contributed by atoms with Gasteiger partial charge in [-0.05, 0) is 54.5 Å². The fourth-order valence-corrected chi connectivity index (χ4v) is 5.36. The Balaban J connectivity index is 1.46. The van der Waals surface area contributed by atoms with Gasteiger partial charge < -0.3 is 11.1 Å². The van der Waals surface area contributed by atoms with Crippen LogP contribution in [0.2, 0.25) is 0 Å². The van der Waals surface area contributed by atoms with Crippen molar-refractivity contribution in [1.82, 2.24) is 29.5 Å². The van der Waals surface area contributed by atoms with Crippen LogP contribution in [-0.4, -0.2) is 30.1 Å². The Morgan fingerprint density at radius 2 is 1.86 bits per heavy atom. The maximum absolute atomic E-state index is 14.2. The van der Waals surface area contributed by atoms with Crippen molar-refractivity contribution in [3.05, 3.63) is 116 Å². The Kier molecular flexibility index (Phi) is 7.02. The number of nitrogens with two attached hydrogens (primary N) is 1. The SMILES string of the molecule is CC(C)c1ccn2nc(N)c(C(=O)N[C@@H](C)c3cc4cccc(C#Cc5cncs5)c4c(=O)n3-c3ccccc3)c2n1. The number of nitrogens with zero attached hydrogens (tertiary/aromatic N) is 5. The summed E-state index contributed by atoms with van der Waals surface area (Å²) in [5.74, 6) is 6.07. The van der Waals surface area contributed by atoms with E-state index in [0.717, 1.165) is 16.0 Å². The zero-order valence-electron chi connectivity index (χ0n) is 23.2. The van der Waals surface area contributed by atoms with Gasteiger partial charge >= 0.3 is 0 Å². The van der Waals surface area contributed by atoms with Gasteiger partial charge in [0.25, 0.3) is 11.5 Å². The maximum Gasteiger partial charge on any atom is 0.264 e. The first-order valence-corrected chi connectivity index (χ1v) is 14.3. The topological polar surface area (TPSA) is 120 Å². The summed E-state index contributed by atoms with van der Waals surface area (Å²) in [6.07, 6.45) is 3.45. The van der Waals surface area contributed by atoms with E-state index in [0.29, 0.717) is 28.0 Å². The molecule has 0 saturated heterocycles. The molecule has 0 aliphatic heterocycles. The molecule has 0 aliphatic rings. The number of fused-ring (bicyclic) bond motifs is 2. The Bertz CT molecular complexity index is 2070. The van der Waals surface area contributed by atoms with Gasteiger partial charge in [0.05, 0.1) is 28.0 Å². The van der Waals surface area contributed by atoms with Crippen molar-refractivity contribution < 1.29 is 4.79 Å². The fourth-order valence-electron chi connectivity index (χ4n) is 4.90. The van der Waals surface area contributed by atoms with Crippen LogP contribution in [0.3, 0.4) is 0 Å². The van der Waals surface area contributed by atoms with Crippen molar-refractivity contribution in [2.24, 2.45) is 0 Å². The first-order chi connectivity index (χ1) is 20.3. The summed E-state index contributed by atoms with van der Waals surface area (Å²) in [5.41, 5.74) is 11.0. The molecule has 9 nitrogen and oxygen atoms in total. The van der Waals surface area contributed by atoms with Crippen LogP contribution >= 0.6 is 11.3 Å². The Hall–Kier alpha value is -5.27. The van der Waals surface area contributed by atoms with E-state index in [1.165, 1.54) is 15.9 Å². The Labute approximate surface area is 245 Å². The number of benzene rings is 2. The summed E-state index contributed by atoms with van der Waals surface area (Å²) < 4.78 is 3.13. The van der Waals surface area contributed by atoms with Gasteiger partial charge in [0, 0.05) is 28.8 Å². The van der Waals surface area contributed by atoms with Crippen LogP contribution in [-0.2, 0) is 0 Å². The lowest BCUT2D eigenvalue weighted by molar-refractivity contribution is 0.0941. The monoisotopic (exact) mass is 573 g/mol. The molecule has 4 aromatic heterocycles. The number of nitrogens with one attached hydrogen (secondary N) is 1. The molecule has 3 N–H and O–H groups in total. The number of rotatable bonds is 5. The lowest BCUT2D eigenvalue weighted by Crippen LogP contribution is -2.32. The molecular formula is C32H27N7O2S. The summed E-state index contributed by atoms with van der Waals surface area (Å²) in [5, 5.41) is 8.53. The van der Waals surface area contributed by atoms with E-state index in [4.69, 9.17) is 5.73 Å². The van der Waals surface area contributed by atoms with Crippen LogP contribution in [0.5, 0.6) is 0 Å². The zero-order valence-corrected chi connectivity index (χ0v) is 24.0. The number of amides is 1. The number of aromatic nitrogens is 5. The number of thiazole rings is 1.